The Kier molecular flexibility index (Phi) is 6.21. The maximum atomic E-state index is 12.5. The van der Waals surface area contributed by atoms with Gasteiger partial charge in [0.25, 0.3) is 5.89 Å². The summed E-state index contributed by atoms with van der Waals surface area (Å²) < 4.78 is 103. The number of aryl methyl sites for hydroxylation is 1. The van der Waals surface area contributed by atoms with E-state index in [0.29, 0.717) is 0 Å². The minimum atomic E-state index is -5.61. The van der Waals surface area contributed by atoms with Crippen LogP contribution in [0.3, 0.4) is 0 Å². The second-order valence-corrected chi connectivity index (χ2v) is 8.84. The number of aromatic nitrogens is 3. The highest BCUT2D eigenvalue weighted by Gasteiger charge is 2.46. The fourth-order valence-electron chi connectivity index (χ4n) is 2.18. The average molecular weight is 507 g/mol. The monoisotopic (exact) mass is 506 g/mol. The molecule has 0 fully saturated rings. The fraction of sp³-hybridized carbons (Fsp3) is 0.267. The van der Waals surface area contributed by atoms with Gasteiger partial charge in [0.1, 0.15) is 0 Å². The summed E-state index contributed by atoms with van der Waals surface area (Å²) in [6, 6.07) is 3.28. The normalized spacial score (nSPS) is 12.9. The Morgan fingerprint density at radius 2 is 1.84 bits per heavy atom. The van der Waals surface area contributed by atoms with Crippen molar-refractivity contribution in [3.05, 3.63) is 34.5 Å². The Hall–Kier alpha value is -2.39. The number of thiazole rings is 1. The van der Waals surface area contributed by atoms with Crippen LogP contribution in [0.15, 0.2) is 28.0 Å². The number of nitrogens with one attached hydrogen (secondary N) is 1. The molecule has 1 N–H and O–H groups in total. The van der Waals surface area contributed by atoms with E-state index >= 15 is 0 Å². The van der Waals surface area contributed by atoms with Gasteiger partial charge in [0, 0.05) is 17.4 Å². The summed E-state index contributed by atoms with van der Waals surface area (Å²) in [5.41, 5.74) is -5.39. The van der Waals surface area contributed by atoms with E-state index in [9.17, 15) is 34.8 Å². The van der Waals surface area contributed by atoms with Crippen LogP contribution < -0.4 is 4.72 Å². The maximum Gasteiger partial charge on any atom is 0.516 e. The van der Waals surface area contributed by atoms with E-state index < -0.39 is 40.2 Å². The van der Waals surface area contributed by atoms with Crippen LogP contribution in [0.5, 0.6) is 0 Å². The first-order chi connectivity index (χ1) is 14.2. The van der Waals surface area contributed by atoms with Gasteiger partial charge >= 0.3 is 21.7 Å². The van der Waals surface area contributed by atoms with E-state index in [1.807, 2.05) is 0 Å². The molecule has 3 aromatic rings. The van der Waals surface area contributed by atoms with Crippen LogP contribution >= 0.6 is 22.9 Å². The average Bonchev–Trinajstić information content (AvgIpc) is 3.27. The van der Waals surface area contributed by atoms with Crippen LogP contribution in [-0.4, -0.2) is 35.3 Å². The number of rotatable bonds is 6. The van der Waals surface area contributed by atoms with Gasteiger partial charge in [-0.25, -0.2) is 4.98 Å². The molecule has 0 saturated heterocycles. The van der Waals surface area contributed by atoms with Crippen molar-refractivity contribution < 1.29 is 39.2 Å². The Balaban J connectivity index is 1.78. The smallest absolute Gasteiger partial charge is 0.419 e. The lowest BCUT2D eigenvalue weighted by molar-refractivity contribution is -0.134. The molecule has 3 rings (SSSR count). The second kappa shape index (κ2) is 8.27. The van der Waals surface area contributed by atoms with Gasteiger partial charge in [-0.1, -0.05) is 11.6 Å². The molecule has 0 aliphatic rings. The molecule has 0 amide bonds. The van der Waals surface area contributed by atoms with Gasteiger partial charge in [-0.05, 0) is 18.2 Å². The zero-order valence-electron chi connectivity index (χ0n) is 14.8. The highest BCUT2D eigenvalue weighted by Crippen LogP contribution is 2.35. The Morgan fingerprint density at radius 1 is 1.13 bits per heavy atom. The number of hydrogen-bond acceptors (Lipinski definition) is 7. The molecule has 0 aliphatic carbocycles. The summed E-state index contributed by atoms with van der Waals surface area (Å²) in [6.07, 6.45) is -5.99. The molecule has 2 aromatic heterocycles. The van der Waals surface area contributed by atoms with E-state index in [1.165, 1.54) is 16.2 Å². The first-order valence-electron chi connectivity index (χ1n) is 7.99. The molecule has 0 radical (unpaired) electrons. The SMILES string of the molecule is O=S(=O)(Nc1ccc(-c2csc(-c3nnc(CCC(F)(F)F)o3)n2)c(Cl)c1)C(F)(F)F. The Morgan fingerprint density at radius 3 is 2.45 bits per heavy atom. The van der Waals surface area contributed by atoms with Crippen molar-refractivity contribution in [2.45, 2.75) is 24.5 Å². The summed E-state index contributed by atoms with van der Waals surface area (Å²) in [4.78, 5) is 4.17. The molecule has 7 nitrogen and oxygen atoms in total. The lowest BCUT2D eigenvalue weighted by Gasteiger charge is -2.11. The van der Waals surface area contributed by atoms with Crippen molar-refractivity contribution in [3.63, 3.8) is 0 Å². The highest BCUT2D eigenvalue weighted by molar-refractivity contribution is 7.93. The lowest BCUT2D eigenvalue weighted by Crippen LogP contribution is -2.29. The van der Waals surface area contributed by atoms with E-state index in [2.05, 4.69) is 15.2 Å². The maximum absolute atomic E-state index is 12.5. The summed E-state index contributed by atoms with van der Waals surface area (Å²) in [5.74, 6) is -0.331. The quantitative estimate of drug-likeness (QED) is 0.457. The molecule has 1 aromatic carbocycles. The van der Waals surface area contributed by atoms with Crippen molar-refractivity contribution >= 4 is 38.6 Å². The number of sulfonamides is 1. The lowest BCUT2D eigenvalue weighted by atomic mass is 10.1. The van der Waals surface area contributed by atoms with Crippen LogP contribution in [0, 0.1) is 0 Å². The third-order valence-electron chi connectivity index (χ3n) is 3.58. The molecule has 31 heavy (non-hydrogen) atoms. The van der Waals surface area contributed by atoms with Crippen LogP contribution in [0.2, 0.25) is 5.02 Å². The van der Waals surface area contributed by atoms with Gasteiger partial charge in [-0.3, -0.25) is 4.72 Å². The van der Waals surface area contributed by atoms with Crippen molar-refractivity contribution in [2.75, 3.05) is 4.72 Å². The largest absolute Gasteiger partial charge is 0.516 e. The number of halogens is 7. The van der Waals surface area contributed by atoms with E-state index in [0.717, 1.165) is 23.5 Å². The predicted molar refractivity (Wildman–Crippen MR) is 98.8 cm³/mol. The molecule has 0 spiro atoms. The number of anilines is 1. The van der Waals surface area contributed by atoms with E-state index in [1.54, 1.807) is 0 Å². The van der Waals surface area contributed by atoms with Gasteiger partial charge in [0.05, 0.1) is 22.8 Å². The fourth-order valence-corrected chi connectivity index (χ4v) is 3.75. The predicted octanol–water partition coefficient (Wildman–Crippen LogP) is 5.27. The summed E-state index contributed by atoms with van der Waals surface area (Å²) in [5, 5.41) is 8.74. The van der Waals surface area contributed by atoms with Crippen LogP contribution in [0.4, 0.5) is 32.0 Å². The molecular weight excluding hydrogens is 498 g/mol. The number of benzene rings is 1. The number of alkyl halides is 6. The molecular formula is C15H9ClF6N4O3S2. The number of nitrogens with zero attached hydrogens (tertiary/aromatic N) is 3. The van der Waals surface area contributed by atoms with Crippen LogP contribution in [0.1, 0.15) is 12.3 Å². The minimum absolute atomic E-state index is 0.101. The first kappa shape index (κ1) is 23.3. The molecule has 168 valence electrons. The van der Waals surface area contributed by atoms with Gasteiger partial charge in [0.2, 0.25) is 5.89 Å². The van der Waals surface area contributed by atoms with Gasteiger partial charge in [-0.2, -0.15) is 34.8 Å². The Bertz CT molecular complexity index is 1190. The third kappa shape index (κ3) is 5.65. The summed E-state index contributed by atoms with van der Waals surface area (Å²) in [6.45, 7) is 0. The molecule has 0 atom stereocenters. The molecule has 16 heteroatoms. The van der Waals surface area contributed by atoms with Gasteiger partial charge in [0.15, 0.2) is 5.01 Å². The highest BCUT2D eigenvalue weighted by atomic mass is 35.5. The van der Waals surface area contributed by atoms with Crippen LogP contribution in [-0.2, 0) is 16.4 Å². The van der Waals surface area contributed by atoms with E-state index in [-0.39, 0.29) is 33.1 Å². The molecule has 0 saturated carbocycles. The first-order valence-corrected chi connectivity index (χ1v) is 10.7. The Labute approximate surface area is 179 Å². The third-order valence-corrected chi connectivity index (χ3v) is 5.84. The van der Waals surface area contributed by atoms with Crippen molar-refractivity contribution in [1.29, 1.82) is 0 Å². The van der Waals surface area contributed by atoms with Crippen molar-refractivity contribution in [2.24, 2.45) is 0 Å². The van der Waals surface area contributed by atoms with E-state index in [4.69, 9.17) is 16.0 Å². The topological polar surface area (TPSA) is 98.0 Å². The minimum Gasteiger partial charge on any atom is -0.419 e. The van der Waals surface area contributed by atoms with Crippen molar-refractivity contribution in [1.82, 2.24) is 15.2 Å². The second-order valence-electron chi connectivity index (χ2n) is 5.90. The molecule has 2 heterocycles. The summed E-state index contributed by atoms with van der Waals surface area (Å²) >= 11 is 7.05. The van der Waals surface area contributed by atoms with Crippen LogP contribution in [0.25, 0.3) is 22.2 Å². The molecule has 0 aliphatic heterocycles. The summed E-state index contributed by atoms with van der Waals surface area (Å²) in [7, 11) is -5.61. The molecule has 0 bridgehead atoms. The van der Waals surface area contributed by atoms with Gasteiger partial charge < -0.3 is 4.42 Å². The zero-order valence-corrected chi connectivity index (χ0v) is 17.1. The molecule has 0 unspecified atom stereocenters. The standard InChI is InChI=1S/C15H9ClF6N4O3S2/c16-9-5-7(26-31(27,28)15(20,21)22)1-2-8(9)10-6-30-13(23-10)12-25-24-11(29-12)3-4-14(17,18)19/h1-2,5-6,26H,3-4H2. The number of hydrogen-bond donors (Lipinski definition) is 1. The van der Waals surface area contributed by atoms with Gasteiger partial charge in [-0.15, -0.1) is 21.5 Å². The zero-order chi connectivity index (χ0) is 23.0. The van der Waals surface area contributed by atoms with Crippen molar-refractivity contribution in [3.8, 4) is 22.2 Å².